The van der Waals surface area contributed by atoms with E-state index in [0.29, 0.717) is 34.4 Å². The number of anilines is 2. The van der Waals surface area contributed by atoms with Gasteiger partial charge in [-0.3, -0.25) is 0 Å². The van der Waals surface area contributed by atoms with Crippen molar-refractivity contribution in [3.05, 3.63) is 87.6 Å². The van der Waals surface area contributed by atoms with E-state index in [1.54, 1.807) is 6.07 Å². The number of hydrogen-bond donors (Lipinski definition) is 1. The first-order valence-electron chi connectivity index (χ1n) is 18.7. The minimum absolute atomic E-state index is 0. The predicted octanol–water partition coefficient (Wildman–Crippen LogP) is 11.4. The molecule has 12 nitrogen and oxygen atoms in total. The van der Waals surface area contributed by atoms with Crippen molar-refractivity contribution in [2.24, 2.45) is 20.5 Å². The van der Waals surface area contributed by atoms with E-state index in [9.17, 15) is 26.7 Å². The summed E-state index contributed by atoms with van der Waals surface area (Å²) < 4.78 is 68.4. The van der Waals surface area contributed by atoms with E-state index >= 15 is 0 Å². The van der Waals surface area contributed by atoms with E-state index in [1.165, 1.54) is 33.9 Å². The van der Waals surface area contributed by atoms with Gasteiger partial charge in [-0.15, -0.1) is 20.5 Å². The summed E-state index contributed by atoms with van der Waals surface area (Å²) >= 11 is 2.79. The maximum Gasteiger partial charge on any atom is 0.483 e. The Hall–Kier alpha value is -4.71. The summed E-state index contributed by atoms with van der Waals surface area (Å²) in [6, 6.07) is 19.0. The number of phenolic OH excluding ortho intramolecular Hbond substituents is 1. The molecular weight excluding hydrogens is 854 g/mol. The summed E-state index contributed by atoms with van der Waals surface area (Å²) in [7, 11) is -5.74. The molecule has 304 valence electrons. The third-order valence-electron chi connectivity index (χ3n) is 10.5. The molecule has 0 radical (unpaired) electrons. The molecule has 0 fully saturated rings. The average Bonchev–Trinajstić information content (AvgIpc) is 3.83. The van der Waals surface area contributed by atoms with Crippen molar-refractivity contribution in [1.82, 2.24) is 9.97 Å². The Morgan fingerprint density at radius 1 is 0.672 bits per heavy atom. The summed E-state index contributed by atoms with van der Waals surface area (Å²) in [6.45, 7) is 3.73. The maximum absolute atomic E-state index is 13.1. The van der Waals surface area contributed by atoms with Crippen LogP contribution in [0.5, 0.6) is 5.75 Å². The van der Waals surface area contributed by atoms with Crippen molar-refractivity contribution in [2.75, 3.05) is 36.0 Å². The molecule has 4 aliphatic rings. The van der Waals surface area contributed by atoms with Crippen molar-refractivity contribution in [2.45, 2.75) is 56.9 Å². The Balaban J connectivity index is 0.000000163. The fourth-order valence-corrected chi connectivity index (χ4v) is 10.2. The van der Waals surface area contributed by atoms with Crippen LogP contribution in [0.4, 0.5) is 51.9 Å². The number of aryl methyl sites for hydroxylation is 2. The van der Waals surface area contributed by atoms with E-state index < -0.39 is 15.5 Å². The van der Waals surface area contributed by atoms with Crippen molar-refractivity contribution in [3.8, 4) is 5.75 Å². The molecule has 0 saturated carbocycles. The number of nitrogens with zero attached hydrogens (tertiary/aromatic N) is 9. The average molecular weight is 890 g/mol. The van der Waals surface area contributed by atoms with Crippen LogP contribution in [0.1, 0.15) is 47.9 Å². The fourth-order valence-electron chi connectivity index (χ4n) is 8.08. The van der Waals surface area contributed by atoms with Crippen molar-refractivity contribution < 1.29 is 43.2 Å². The molecular formula is C39H35F3N9NiO3S3-. The molecule has 0 atom stereocenters. The number of rotatable bonds is 6. The van der Waals surface area contributed by atoms with Crippen LogP contribution in [0.2, 0.25) is 0 Å². The van der Waals surface area contributed by atoms with Gasteiger partial charge >= 0.3 is 5.51 Å². The molecule has 0 bridgehead atoms. The van der Waals surface area contributed by atoms with Gasteiger partial charge in [0.25, 0.3) is 0 Å². The topological polar surface area (TPSA) is 150 Å². The number of hydrogen-bond acceptors (Lipinski definition) is 13. The van der Waals surface area contributed by atoms with Crippen molar-refractivity contribution >= 4 is 91.8 Å². The number of sulfonamides is 1. The standard InChI is InChI=1S/C20H17F3N5O2S2.C19H18N4OS.Ni/c21-20(22,23)32(29,30)27-17-13-6-4-10-28-9-3-5-12(18(13)28)11-15(17)25-26-19-24-14-7-1-2-8-16(14)31-19;24-18-13-6-4-10-23-9-3-5-12(17(13)23)11-15(18)21-22-19-20-14-7-1-2-8-16(14)25-19;/h1-2,7-8,11H,3-6,9-10H2;1-2,7-8,11,24H,3-6,9-10H2;/q-1;;. The van der Waals surface area contributed by atoms with Crippen molar-refractivity contribution in [3.63, 3.8) is 0 Å². The third kappa shape index (κ3) is 7.76. The molecule has 0 unspecified atom stereocenters. The van der Waals surface area contributed by atoms with Crippen LogP contribution in [0.3, 0.4) is 0 Å². The number of benzene rings is 4. The Kier molecular flexibility index (Phi) is 11.2. The van der Waals surface area contributed by atoms with Crippen LogP contribution in [-0.2, 0) is 52.2 Å². The largest absolute Gasteiger partial charge is 0.567 e. The van der Waals surface area contributed by atoms with Crippen LogP contribution < -0.4 is 9.80 Å². The first-order chi connectivity index (χ1) is 27.5. The molecule has 6 heterocycles. The van der Waals surface area contributed by atoms with Crippen LogP contribution >= 0.6 is 22.7 Å². The molecule has 4 aliphatic heterocycles. The number of fused-ring (bicyclic) bond motifs is 2. The fraction of sp³-hybridized carbons (Fsp3) is 0.333. The van der Waals surface area contributed by atoms with Crippen LogP contribution in [0.15, 0.2) is 81.1 Å². The van der Waals surface area contributed by atoms with Crippen LogP contribution in [-0.4, -0.2) is 55.2 Å². The zero-order valence-electron chi connectivity index (χ0n) is 30.7. The van der Waals surface area contributed by atoms with Gasteiger partial charge in [0.2, 0.25) is 10.3 Å². The van der Waals surface area contributed by atoms with E-state index in [0.717, 1.165) is 102 Å². The molecule has 58 heavy (non-hydrogen) atoms. The quantitative estimate of drug-likeness (QED) is 0.129. The summed E-state index contributed by atoms with van der Waals surface area (Å²) in [6.07, 6.45) is 6.95. The molecule has 19 heteroatoms. The number of aromatic nitrogens is 2. The second kappa shape index (κ2) is 16.2. The minimum atomic E-state index is -5.74. The predicted molar refractivity (Wildman–Crippen MR) is 218 cm³/mol. The second-order valence-electron chi connectivity index (χ2n) is 14.2. The first-order valence-corrected chi connectivity index (χ1v) is 21.7. The van der Waals surface area contributed by atoms with Gasteiger partial charge in [0.1, 0.15) is 11.4 Å². The van der Waals surface area contributed by atoms with E-state index in [2.05, 4.69) is 44.9 Å². The van der Waals surface area contributed by atoms with Gasteiger partial charge < -0.3 is 19.6 Å². The minimum Gasteiger partial charge on any atom is -0.567 e. The smallest absolute Gasteiger partial charge is 0.483 e. The monoisotopic (exact) mass is 888 g/mol. The Morgan fingerprint density at radius 3 is 1.67 bits per heavy atom. The van der Waals surface area contributed by atoms with Crippen LogP contribution in [0.25, 0.3) is 25.2 Å². The molecule has 4 aromatic carbocycles. The summed E-state index contributed by atoms with van der Waals surface area (Å²) in [4.78, 5) is 13.3. The SMILES string of the molecule is O=S(=O)([N-]c1c(N=Nc2nc3ccccc3s2)cc2c3c1CCCN3CCC2)C(F)(F)F.Oc1c(N=Nc2nc3ccccc3s2)cc2c3c1CCCN3CCC2.[Ni]. The summed E-state index contributed by atoms with van der Waals surface area (Å²) in [5.74, 6) is 0.287. The van der Waals surface area contributed by atoms with Gasteiger partial charge in [0.05, 0.1) is 26.1 Å². The van der Waals surface area contributed by atoms with Gasteiger partial charge in [0, 0.05) is 59.6 Å². The van der Waals surface area contributed by atoms with E-state index in [1.807, 2.05) is 54.6 Å². The Labute approximate surface area is 349 Å². The first kappa shape index (κ1) is 40.1. The molecule has 10 rings (SSSR count). The number of azo groups is 2. The normalized spacial score (nSPS) is 16.3. The van der Waals surface area contributed by atoms with E-state index in [4.69, 9.17) is 0 Å². The molecule has 0 spiro atoms. The van der Waals surface area contributed by atoms with Gasteiger partial charge in [0.15, 0.2) is 10.0 Å². The third-order valence-corrected chi connectivity index (χ3v) is 13.4. The number of thiazole rings is 2. The zero-order valence-corrected chi connectivity index (χ0v) is 34.2. The molecule has 0 aliphatic carbocycles. The molecule has 2 aromatic heterocycles. The molecule has 0 amide bonds. The number of halogens is 3. The number of alkyl halides is 3. The molecule has 1 N–H and O–H groups in total. The zero-order chi connectivity index (χ0) is 39.3. The molecule has 0 saturated heterocycles. The van der Waals surface area contributed by atoms with Gasteiger partial charge in [-0.1, -0.05) is 52.6 Å². The van der Waals surface area contributed by atoms with Gasteiger partial charge in [-0.25, -0.2) is 18.4 Å². The number of aromatic hydroxyl groups is 1. The van der Waals surface area contributed by atoms with Crippen LogP contribution in [0, 0.1) is 0 Å². The maximum atomic E-state index is 13.1. The Morgan fingerprint density at radius 2 is 1.14 bits per heavy atom. The summed E-state index contributed by atoms with van der Waals surface area (Å²) in [5.41, 5.74) is 2.24. The van der Waals surface area contributed by atoms with Crippen molar-refractivity contribution in [1.29, 1.82) is 0 Å². The summed E-state index contributed by atoms with van der Waals surface area (Å²) in [5, 5.41) is 28.5. The number of phenols is 1. The molecule has 6 aromatic rings. The number of para-hydroxylation sites is 2. The Bertz CT molecular complexity index is 2630. The van der Waals surface area contributed by atoms with E-state index in [-0.39, 0.29) is 33.6 Å². The second-order valence-corrected chi connectivity index (χ2v) is 17.8. The van der Waals surface area contributed by atoms with Gasteiger partial charge in [-0.2, -0.15) is 13.2 Å². The van der Waals surface area contributed by atoms with Gasteiger partial charge in [-0.05, 0) is 104 Å².